The van der Waals surface area contributed by atoms with Crippen LogP contribution in [0.3, 0.4) is 0 Å². The van der Waals surface area contributed by atoms with Gasteiger partial charge in [0, 0.05) is 50.7 Å². The minimum Gasteiger partial charge on any atom is -0.490 e. The first-order chi connectivity index (χ1) is 19.0. The van der Waals surface area contributed by atoms with E-state index in [1.165, 1.54) is 0 Å². The molecule has 2 aliphatic heterocycles. The van der Waals surface area contributed by atoms with Gasteiger partial charge < -0.3 is 34.3 Å². The number of aliphatic hydroxyl groups excluding tert-OH is 1. The van der Waals surface area contributed by atoms with E-state index in [2.05, 4.69) is 32.3 Å². The van der Waals surface area contributed by atoms with Crippen LogP contribution in [-0.4, -0.2) is 73.8 Å². The molecule has 0 spiro atoms. The van der Waals surface area contributed by atoms with Gasteiger partial charge in [-0.1, -0.05) is 18.2 Å². The molecule has 3 atom stereocenters. The fourth-order valence-corrected chi connectivity index (χ4v) is 5.32. The van der Waals surface area contributed by atoms with E-state index in [1.807, 2.05) is 50.2 Å². The molecule has 5 rings (SSSR count). The number of hydrogen-bond donors (Lipinski definition) is 2. The molecule has 3 aromatic rings. The van der Waals surface area contributed by atoms with Gasteiger partial charge in [-0.05, 0) is 61.7 Å². The van der Waals surface area contributed by atoms with Crippen LogP contribution in [0.2, 0.25) is 0 Å². The molecule has 39 heavy (non-hydrogen) atoms. The van der Waals surface area contributed by atoms with Crippen LogP contribution < -0.4 is 19.7 Å². The number of aryl methyl sites for hydroxylation is 2. The van der Waals surface area contributed by atoms with Gasteiger partial charge in [-0.25, -0.2) is 9.97 Å². The lowest BCUT2D eigenvalue weighted by Gasteiger charge is -2.36. The van der Waals surface area contributed by atoms with Crippen molar-refractivity contribution in [3.63, 3.8) is 0 Å². The van der Waals surface area contributed by atoms with Crippen LogP contribution in [0.4, 0.5) is 5.69 Å². The lowest BCUT2D eigenvalue weighted by atomic mass is 9.85. The minimum atomic E-state index is -0.563. The maximum atomic E-state index is 10.9. The molecule has 0 unspecified atom stereocenters. The Morgan fingerprint density at radius 1 is 1.05 bits per heavy atom. The van der Waals surface area contributed by atoms with Crippen molar-refractivity contribution in [2.24, 2.45) is 0 Å². The molecule has 9 nitrogen and oxygen atoms in total. The summed E-state index contributed by atoms with van der Waals surface area (Å²) in [7, 11) is 1.73. The van der Waals surface area contributed by atoms with Crippen molar-refractivity contribution in [3.8, 4) is 17.5 Å². The third-order valence-corrected chi connectivity index (χ3v) is 7.17. The van der Waals surface area contributed by atoms with Crippen molar-refractivity contribution < 1.29 is 24.1 Å². The number of methoxy groups -OCH3 is 1. The Morgan fingerprint density at radius 3 is 2.62 bits per heavy atom. The minimum absolute atomic E-state index is 0.163. The quantitative estimate of drug-likeness (QED) is 0.377. The molecule has 2 aromatic carbocycles. The van der Waals surface area contributed by atoms with Crippen molar-refractivity contribution in [2.75, 3.05) is 51.4 Å². The van der Waals surface area contributed by atoms with Crippen LogP contribution >= 0.6 is 0 Å². The highest BCUT2D eigenvalue weighted by Gasteiger charge is 2.34. The summed E-state index contributed by atoms with van der Waals surface area (Å²) in [6.07, 6.45) is 0.214. The molecule has 2 N–H and O–H groups in total. The second-order valence-corrected chi connectivity index (χ2v) is 10.2. The molecular weight excluding hydrogens is 496 g/mol. The van der Waals surface area contributed by atoms with Crippen LogP contribution in [0.25, 0.3) is 0 Å². The number of hydrogen-bond acceptors (Lipinski definition) is 9. The molecule has 208 valence electrons. The maximum absolute atomic E-state index is 10.9. The molecule has 3 heterocycles. The highest BCUT2D eigenvalue weighted by Crippen LogP contribution is 2.34. The highest BCUT2D eigenvalue weighted by atomic mass is 16.5. The van der Waals surface area contributed by atoms with Gasteiger partial charge in [0.05, 0.1) is 31.0 Å². The first-order valence-electron chi connectivity index (χ1n) is 13.6. The third-order valence-electron chi connectivity index (χ3n) is 7.17. The average molecular weight is 535 g/mol. The predicted octanol–water partition coefficient (Wildman–Crippen LogP) is 3.75. The second-order valence-electron chi connectivity index (χ2n) is 10.2. The summed E-state index contributed by atoms with van der Waals surface area (Å²) in [6, 6.07) is 16.2. The van der Waals surface area contributed by atoms with Crippen molar-refractivity contribution in [3.05, 3.63) is 71.0 Å². The molecule has 2 aliphatic rings. The Morgan fingerprint density at radius 2 is 1.85 bits per heavy atom. The zero-order chi connectivity index (χ0) is 27.2. The largest absolute Gasteiger partial charge is 0.490 e. The molecule has 1 saturated heterocycles. The number of piperidine rings is 1. The predicted molar refractivity (Wildman–Crippen MR) is 149 cm³/mol. The summed E-state index contributed by atoms with van der Waals surface area (Å²) in [6.45, 7) is 8.66. The van der Waals surface area contributed by atoms with E-state index in [1.54, 1.807) is 7.11 Å². The van der Waals surface area contributed by atoms with Gasteiger partial charge in [-0.15, -0.1) is 0 Å². The van der Waals surface area contributed by atoms with Crippen molar-refractivity contribution in [1.82, 2.24) is 15.3 Å². The number of benzene rings is 2. The second kappa shape index (κ2) is 12.7. The Bertz CT molecular complexity index is 1220. The van der Waals surface area contributed by atoms with E-state index in [0.717, 1.165) is 60.1 Å². The fraction of sp³-hybridized carbons (Fsp3) is 0.467. The van der Waals surface area contributed by atoms with Gasteiger partial charge in [0.25, 0.3) is 0 Å². The van der Waals surface area contributed by atoms with E-state index < -0.39 is 6.10 Å². The third kappa shape index (κ3) is 6.86. The maximum Gasteiger partial charge on any atom is 0.322 e. The monoisotopic (exact) mass is 534 g/mol. The van der Waals surface area contributed by atoms with Gasteiger partial charge >= 0.3 is 6.01 Å². The summed E-state index contributed by atoms with van der Waals surface area (Å²) < 4.78 is 23.4. The summed E-state index contributed by atoms with van der Waals surface area (Å²) in [4.78, 5) is 11.1. The number of fused-ring (bicyclic) bond motifs is 1. The Balaban J connectivity index is 1.26. The lowest BCUT2D eigenvalue weighted by Crippen LogP contribution is -2.49. The smallest absolute Gasteiger partial charge is 0.322 e. The molecule has 0 saturated carbocycles. The molecule has 0 bridgehead atoms. The van der Waals surface area contributed by atoms with Gasteiger partial charge in [-0.3, -0.25) is 0 Å². The summed E-state index contributed by atoms with van der Waals surface area (Å²) in [5, 5.41) is 14.2. The molecule has 9 heteroatoms. The van der Waals surface area contributed by atoms with E-state index in [0.29, 0.717) is 38.1 Å². The van der Waals surface area contributed by atoms with Crippen molar-refractivity contribution >= 4 is 5.69 Å². The molecule has 1 fully saturated rings. The number of aliphatic hydroxyl groups is 1. The highest BCUT2D eigenvalue weighted by molar-refractivity contribution is 5.61. The van der Waals surface area contributed by atoms with E-state index in [4.69, 9.17) is 18.9 Å². The standard InChI is InChI=1S/C30H38N4O5/c1-20-15-21(2)33-30(32-20)39-24-8-6-23(7-9-24)29-26(35)17-31-18-28(29)38-19-22-5-10-27-25(16-22)34(12-14-37-27)11-4-13-36-3/h5-10,15-16,26,28-29,31,35H,4,11-14,17-19H2,1-3H3/t26-,28+,29+/m1/s1. The zero-order valence-corrected chi connectivity index (χ0v) is 22.9. The van der Waals surface area contributed by atoms with E-state index in [9.17, 15) is 5.11 Å². The van der Waals surface area contributed by atoms with E-state index >= 15 is 0 Å². The normalized spacial score (nSPS) is 20.8. The van der Waals surface area contributed by atoms with Gasteiger partial charge in [-0.2, -0.15) is 0 Å². The zero-order valence-electron chi connectivity index (χ0n) is 22.9. The Hall–Kier alpha value is -3.24. The molecule has 0 aliphatic carbocycles. The molecule has 1 aromatic heterocycles. The number of nitrogens with zero attached hydrogens (tertiary/aromatic N) is 3. The van der Waals surface area contributed by atoms with Crippen LogP contribution in [0.5, 0.6) is 17.5 Å². The van der Waals surface area contributed by atoms with Crippen LogP contribution in [-0.2, 0) is 16.1 Å². The molecule has 0 radical (unpaired) electrons. The molecule has 0 amide bonds. The van der Waals surface area contributed by atoms with Crippen LogP contribution in [0, 0.1) is 13.8 Å². The van der Waals surface area contributed by atoms with Crippen LogP contribution in [0.15, 0.2) is 48.5 Å². The number of anilines is 1. The first kappa shape index (κ1) is 27.3. The number of ether oxygens (including phenoxy) is 4. The summed E-state index contributed by atoms with van der Waals surface area (Å²) in [5.74, 6) is 1.39. The van der Waals surface area contributed by atoms with E-state index in [-0.39, 0.29) is 12.0 Å². The Kier molecular flexibility index (Phi) is 8.93. The average Bonchev–Trinajstić information content (AvgIpc) is 2.92. The van der Waals surface area contributed by atoms with Gasteiger partial charge in [0.2, 0.25) is 0 Å². The van der Waals surface area contributed by atoms with Crippen molar-refractivity contribution in [2.45, 2.75) is 45.0 Å². The first-order valence-corrected chi connectivity index (χ1v) is 13.6. The number of aromatic nitrogens is 2. The lowest BCUT2D eigenvalue weighted by molar-refractivity contribution is -0.0328. The number of nitrogens with one attached hydrogen (secondary N) is 1. The summed E-state index contributed by atoms with van der Waals surface area (Å²) >= 11 is 0. The number of β-amino-alcohol motifs (C(OH)–C–C–N with tert-alkyl or cyclic N) is 1. The van der Waals surface area contributed by atoms with Crippen LogP contribution in [0.1, 0.15) is 34.9 Å². The Labute approximate surface area is 230 Å². The van der Waals surface area contributed by atoms with Gasteiger partial charge in [0.1, 0.15) is 18.1 Å². The topological polar surface area (TPSA) is 98.2 Å². The fourth-order valence-electron chi connectivity index (χ4n) is 5.32. The van der Waals surface area contributed by atoms with Crippen molar-refractivity contribution in [1.29, 1.82) is 0 Å². The van der Waals surface area contributed by atoms with Gasteiger partial charge in [0.15, 0.2) is 0 Å². The summed E-state index contributed by atoms with van der Waals surface area (Å²) in [5.41, 5.74) is 4.90. The molecular formula is C30H38N4O5. The SMILES string of the molecule is COCCCN1CCOc2ccc(CO[C@H]3CNC[C@@H](O)[C@@H]3c3ccc(Oc4nc(C)cc(C)n4)cc3)cc21. The number of rotatable bonds is 10.